The van der Waals surface area contributed by atoms with E-state index in [4.69, 9.17) is 4.74 Å². The zero-order valence-electron chi connectivity index (χ0n) is 15.7. The quantitative estimate of drug-likeness (QED) is 0.442. The van der Waals surface area contributed by atoms with Crippen LogP contribution in [0.2, 0.25) is 0 Å². The Morgan fingerprint density at radius 2 is 1.80 bits per heavy atom. The zero-order chi connectivity index (χ0) is 18.1. The van der Waals surface area contributed by atoms with Gasteiger partial charge in [0.2, 0.25) is 0 Å². The van der Waals surface area contributed by atoms with Crippen molar-refractivity contribution in [2.75, 3.05) is 0 Å². The third-order valence-corrected chi connectivity index (χ3v) is 5.48. The molecule has 1 aromatic carbocycles. The molecule has 1 aromatic rings. The Bertz CT molecular complexity index is 577. The average molecular weight is 341 g/mol. The van der Waals surface area contributed by atoms with E-state index in [2.05, 4.69) is 19.9 Å². The van der Waals surface area contributed by atoms with Crippen molar-refractivity contribution >= 4 is 5.97 Å². The number of nitriles is 1. The molecule has 0 bridgehead atoms. The van der Waals surface area contributed by atoms with Crippen LogP contribution in [0.1, 0.15) is 77.2 Å². The fraction of sp³-hybridized carbons (Fsp3) is 0.636. The second-order valence-electron chi connectivity index (χ2n) is 7.44. The van der Waals surface area contributed by atoms with Gasteiger partial charge in [-0.25, -0.2) is 0 Å². The highest BCUT2D eigenvalue weighted by atomic mass is 16.5. The highest BCUT2D eigenvalue weighted by Crippen LogP contribution is 2.42. The Hall–Kier alpha value is -1.82. The highest BCUT2D eigenvalue weighted by Gasteiger charge is 2.37. The lowest BCUT2D eigenvalue weighted by atomic mass is 9.69. The molecule has 0 aromatic heterocycles. The number of carbonyl (C=O) groups excluding carboxylic acids is 1. The zero-order valence-corrected chi connectivity index (χ0v) is 15.7. The molecule has 0 atom stereocenters. The van der Waals surface area contributed by atoms with Crippen molar-refractivity contribution in [3.63, 3.8) is 0 Å². The SMILES string of the molecule is CCCCc1ccc(OC(=O)C2CCC(C#N)(CCCC)CC2)cc1. The molecule has 3 heteroatoms. The molecule has 1 aliphatic carbocycles. The molecule has 136 valence electrons. The highest BCUT2D eigenvalue weighted by molar-refractivity contribution is 5.75. The van der Waals surface area contributed by atoms with Gasteiger partial charge in [-0.05, 0) is 62.6 Å². The van der Waals surface area contributed by atoms with Crippen LogP contribution in [0.25, 0.3) is 0 Å². The predicted octanol–water partition coefficient (Wildman–Crippen LogP) is 5.82. The average Bonchev–Trinajstić information content (AvgIpc) is 2.66. The number of hydrogen-bond acceptors (Lipinski definition) is 3. The Morgan fingerprint density at radius 3 is 2.36 bits per heavy atom. The number of ether oxygens (including phenoxy) is 1. The second kappa shape index (κ2) is 9.61. The summed E-state index contributed by atoms with van der Waals surface area (Å²) >= 11 is 0. The second-order valence-corrected chi connectivity index (χ2v) is 7.44. The number of esters is 1. The largest absolute Gasteiger partial charge is 0.426 e. The molecule has 1 saturated carbocycles. The van der Waals surface area contributed by atoms with E-state index in [1.54, 1.807) is 0 Å². The molecular weight excluding hydrogens is 310 g/mol. The third kappa shape index (κ3) is 5.59. The Balaban J connectivity index is 1.85. The molecule has 0 aliphatic heterocycles. The lowest BCUT2D eigenvalue weighted by Crippen LogP contribution is -2.31. The summed E-state index contributed by atoms with van der Waals surface area (Å²) in [5.41, 5.74) is 1.07. The molecule has 25 heavy (non-hydrogen) atoms. The van der Waals surface area contributed by atoms with Crippen LogP contribution in [0.15, 0.2) is 24.3 Å². The number of rotatable bonds is 8. The summed E-state index contributed by atoms with van der Waals surface area (Å²) in [6, 6.07) is 10.4. The van der Waals surface area contributed by atoms with Crippen LogP contribution in [0, 0.1) is 22.7 Å². The van der Waals surface area contributed by atoms with Gasteiger partial charge in [0.05, 0.1) is 17.4 Å². The first kappa shape index (κ1) is 19.5. The summed E-state index contributed by atoms with van der Waals surface area (Å²) < 4.78 is 5.57. The van der Waals surface area contributed by atoms with Crippen LogP contribution in [-0.2, 0) is 11.2 Å². The summed E-state index contributed by atoms with van der Waals surface area (Å²) in [7, 11) is 0. The molecule has 2 rings (SSSR count). The van der Waals surface area contributed by atoms with Crippen molar-refractivity contribution in [3.05, 3.63) is 29.8 Å². The molecule has 0 radical (unpaired) electrons. The molecule has 0 saturated heterocycles. The Labute approximate surface area is 152 Å². The van der Waals surface area contributed by atoms with Crippen molar-refractivity contribution < 1.29 is 9.53 Å². The smallest absolute Gasteiger partial charge is 0.314 e. The van der Waals surface area contributed by atoms with Crippen molar-refractivity contribution in [3.8, 4) is 11.8 Å². The van der Waals surface area contributed by atoms with Gasteiger partial charge < -0.3 is 4.74 Å². The summed E-state index contributed by atoms with van der Waals surface area (Å²) in [4.78, 5) is 12.4. The first-order valence-electron chi connectivity index (χ1n) is 9.84. The van der Waals surface area contributed by atoms with Gasteiger partial charge in [0.25, 0.3) is 0 Å². The third-order valence-electron chi connectivity index (χ3n) is 5.48. The minimum absolute atomic E-state index is 0.0668. The van der Waals surface area contributed by atoms with Crippen LogP contribution >= 0.6 is 0 Å². The summed E-state index contributed by atoms with van der Waals surface area (Å²) in [5, 5.41) is 9.55. The Morgan fingerprint density at radius 1 is 1.16 bits per heavy atom. The number of nitrogens with zero attached hydrogens (tertiary/aromatic N) is 1. The van der Waals surface area contributed by atoms with Crippen LogP contribution in [0.3, 0.4) is 0 Å². The van der Waals surface area contributed by atoms with E-state index in [1.807, 2.05) is 24.3 Å². The topological polar surface area (TPSA) is 50.1 Å². The maximum absolute atomic E-state index is 12.4. The molecule has 0 amide bonds. The maximum Gasteiger partial charge on any atom is 0.314 e. The van der Waals surface area contributed by atoms with E-state index in [9.17, 15) is 10.1 Å². The lowest BCUT2D eigenvalue weighted by molar-refractivity contribution is -0.140. The van der Waals surface area contributed by atoms with E-state index in [1.165, 1.54) is 18.4 Å². The predicted molar refractivity (Wildman–Crippen MR) is 100 cm³/mol. The van der Waals surface area contributed by atoms with E-state index in [0.717, 1.165) is 51.4 Å². The summed E-state index contributed by atoms with van der Waals surface area (Å²) in [5.74, 6) is 0.430. The van der Waals surface area contributed by atoms with E-state index < -0.39 is 0 Å². The lowest BCUT2D eigenvalue weighted by Gasteiger charge is -2.34. The summed E-state index contributed by atoms with van der Waals surface area (Å²) in [6.45, 7) is 4.34. The minimum Gasteiger partial charge on any atom is -0.426 e. The molecule has 0 heterocycles. The van der Waals surface area contributed by atoms with Crippen molar-refractivity contribution in [1.82, 2.24) is 0 Å². The normalized spacial score (nSPS) is 23.0. The molecule has 0 N–H and O–H groups in total. The number of unbranched alkanes of at least 4 members (excludes halogenated alkanes) is 2. The monoisotopic (exact) mass is 341 g/mol. The maximum atomic E-state index is 12.4. The first-order chi connectivity index (χ1) is 12.1. The van der Waals surface area contributed by atoms with Gasteiger partial charge in [-0.15, -0.1) is 0 Å². The molecule has 1 aliphatic rings. The number of carbonyl (C=O) groups is 1. The van der Waals surface area contributed by atoms with Gasteiger partial charge in [-0.1, -0.05) is 45.2 Å². The Kier molecular flexibility index (Phi) is 7.50. The van der Waals surface area contributed by atoms with Crippen LogP contribution in [0.5, 0.6) is 5.75 Å². The first-order valence-corrected chi connectivity index (χ1v) is 9.84. The van der Waals surface area contributed by atoms with Gasteiger partial charge in [-0.2, -0.15) is 5.26 Å². The molecule has 1 fully saturated rings. The number of benzene rings is 1. The van der Waals surface area contributed by atoms with Gasteiger partial charge in [0.15, 0.2) is 0 Å². The molecule has 3 nitrogen and oxygen atoms in total. The van der Waals surface area contributed by atoms with E-state index in [-0.39, 0.29) is 17.3 Å². The fourth-order valence-electron chi connectivity index (χ4n) is 3.64. The molecular formula is C22H31NO2. The van der Waals surface area contributed by atoms with E-state index in [0.29, 0.717) is 5.75 Å². The molecule has 0 spiro atoms. The van der Waals surface area contributed by atoms with Crippen LogP contribution < -0.4 is 4.74 Å². The molecule has 0 unspecified atom stereocenters. The van der Waals surface area contributed by atoms with Gasteiger partial charge in [0, 0.05) is 0 Å². The van der Waals surface area contributed by atoms with Gasteiger partial charge in [0.1, 0.15) is 5.75 Å². The van der Waals surface area contributed by atoms with Crippen molar-refractivity contribution in [2.45, 2.75) is 78.1 Å². The van der Waals surface area contributed by atoms with Crippen LogP contribution in [0.4, 0.5) is 0 Å². The fourth-order valence-corrected chi connectivity index (χ4v) is 3.64. The van der Waals surface area contributed by atoms with Crippen molar-refractivity contribution in [2.24, 2.45) is 11.3 Å². The van der Waals surface area contributed by atoms with Gasteiger partial charge >= 0.3 is 5.97 Å². The summed E-state index contributed by atoms with van der Waals surface area (Å²) in [6.07, 6.45) is 9.77. The minimum atomic E-state index is -0.215. The standard InChI is InChI=1S/C22H31NO2/c1-3-5-7-18-8-10-20(11-9-18)25-21(24)19-12-15-22(17-23,16-13-19)14-6-4-2/h8-11,19H,3-7,12-16H2,1-2H3. The van der Waals surface area contributed by atoms with Gasteiger partial charge in [-0.3, -0.25) is 4.79 Å². The van der Waals surface area contributed by atoms with E-state index >= 15 is 0 Å². The number of aryl methyl sites for hydroxylation is 1. The van der Waals surface area contributed by atoms with Crippen LogP contribution in [-0.4, -0.2) is 5.97 Å². The number of hydrogen-bond donors (Lipinski definition) is 0. The van der Waals surface area contributed by atoms with Crippen molar-refractivity contribution in [1.29, 1.82) is 5.26 Å².